The van der Waals surface area contributed by atoms with Crippen molar-refractivity contribution in [2.45, 2.75) is 152 Å². The number of hydrogen-bond acceptors (Lipinski definition) is 12. The summed E-state index contributed by atoms with van der Waals surface area (Å²) in [6.45, 7) is 34.3. The second-order valence-electron chi connectivity index (χ2n) is 21.5. The average Bonchev–Trinajstić information content (AvgIpc) is 3.72. The minimum absolute atomic E-state index is 0. The van der Waals surface area contributed by atoms with Gasteiger partial charge in [-0.2, -0.15) is 22.8 Å². The fourth-order valence-corrected chi connectivity index (χ4v) is 10.2. The number of aryl methyl sites for hydroxylation is 1. The standard InChI is InChI=1S/C30H40N2O4.C18H26BrNO4.C11H12N.K.O3S/c1-18-9-10-25-24(17-18)29(6,7)22(5)32(25)14-16-35-15-13-31-28(34)30(8)12-11-23-21(4)26(33)19(2)20(3)27(23)36-30;1-11-12(2)16-14(13(3)15(11)21)5-6-18(4,24-16)17(22)20-8-10-23-9-7-19;1-8-11(2,3)9-6-4-5-7-10(9)12-8;;1-4(2)3/h9-10,17H,11-16H2,1-8H3,(H-,31,33,34);21H,5-10H2,1-4H3,(H,20,22);5-7H,1-3H3;;/q;;-1;+1;/p+1. The number of benzene rings is 4. The van der Waals surface area contributed by atoms with Crippen molar-refractivity contribution >= 4 is 61.2 Å². The van der Waals surface area contributed by atoms with Gasteiger partial charge in [0.25, 0.3) is 11.8 Å². The number of amides is 2. The minimum Gasteiger partial charge on any atom is -0.507 e. The summed E-state index contributed by atoms with van der Waals surface area (Å²) in [7, 11) is -3.11. The van der Waals surface area contributed by atoms with E-state index in [0.29, 0.717) is 76.7 Å². The molecule has 4 aromatic rings. The number of aromatic hydroxyl groups is 2. The molecule has 0 fully saturated rings. The maximum atomic E-state index is 13.0. The number of alkyl halides is 1. The average molecular weight is 1170 g/mol. The third kappa shape index (κ3) is 14.9. The molecule has 15 nitrogen and oxygen atoms in total. The summed E-state index contributed by atoms with van der Waals surface area (Å²) in [4.78, 5) is 30.1. The van der Waals surface area contributed by atoms with Crippen LogP contribution in [0.15, 0.2) is 41.4 Å². The topological polar surface area (TPSA) is 202 Å². The van der Waals surface area contributed by atoms with E-state index in [9.17, 15) is 19.8 Å². The van der Waals surface area contributed by atoms with Gasteiger partial charge >= 0.3 is 62.0 Å². The molecule has 0 radical (unpaired) electrons. The number of halogens is 1. The van der Waals surface area contributed by atoms with E-state index >= 15 is 0 Å². The van der Waals surface area contributed by atoms with E-state index in [1.807, 2.05) is 73.6 Å². The van der Waals surface area contributed by atoms with Crippen LogP contribution in [0.5, 0.6) is 23.0 Å². The molecule has 77 heavy (non-hydrogen) atoms. The van der Waals surface area contributed by atoms with E-state index in [1.165, 1.54) is 33.8 Å². The zero-order valence-electron chi connectivity index (χ0n) is 48.2. The number of hydrogen-bond donors (Lipinski definition) is 4. The van der Waals surface area contributed by atoms with Crippen LogP contribution in [-0.4, -0.2) is 113 Å². The van der Waals surface area contributed by atoms with Crippen LogP contribution >= 0.6 is 15.9 Å². The number of phenolic OH excluding ortho intramolecular Hbond substituents is 2. The summed E-state index contributed by atoms with van der Waals surface area (Å²) >= 11 is 3.29. The SMILES string of the molecule is CC1=Nc2cc[c-]cc2C1(C)C.CC1=[N+](CCOCCNC(=O)C2(C)CCc3c(C)c(O)c(C)c(C)c3O2)c2ccc(C)cc2C1(C)C.Cc1c(C)c2c(c(C)c1O)CCC(C)(C(=O)NCCOCCBr)O2.O=S(=O)=O.[K+]. The fourth-order valence-electron chi connectivity index (χ4n) is 10.00. The monoisotopic (exact) mass is 1170 g/mol. The third-order valence-electron chi connectivity index (χ3n) is 15.9. The predicted molar refractivity (Wildman–Crippen MR) is 301 cm³/mol. The summed E-state index contributed by atoms with van der Waals surface area (Å²) in [5.74, 6) is 1.87. The largest absolute Gasteiger partial charge is 1.00 e. The van der Waals surface area contributed by atoms with Crippen molar-refractivity contribution in [3.63, 3.8) is 0 Å². The number of phenols is 2. The van der Waals surface area contributed by atoms with Crippen molar-refractivity contribution in [3.05, 3.63) is 104 Å². The molecule has 0 saturated heterocycles. The Morgan fingerprint density at radius 2 is 1.18 bits per heavy atom. The van der Waals surface area contributed by atoms with E-state index < -0.39 is 21.8 Å². The quantitative estimate of drug-likeness (QED) is 0.0363. The molecular weight excluding hydrogens is 1090 g/mol. The Bertz CT molecular complexity index is 3030. The number of ether oxygens (including phenoxy) is 4. The van der Waals surface area contributed by atoms with Crippen LogP contribution in [0.1, 0.15) is 129 Å². The van der Waals surface area contributed by atoms with Crippen LogP contribution in [0.3, 0.4) is 0 Å². The molecule has 2 atom stereocenters. The van der Waals surface area contributed by atoms with Gasteiger partial charge in [0.15, 0.2) is 23.5 Å². The Labute approximate surface area is 509 Å². The molecule has 0 bridgehead atoms. The Kier molecular flexibility index (Phi) is 23.4. The second-order valence-corrected chi connectivity index (χ2v) is 22.7. The molecule has 414 valence electrons. The maximum Gasteiger partial charge on any atom is 1.00 e. The first-order chi connectivity index (χ1) is 35.5. The Morgan fingerprint density at radius 1 is 0.701 bits per heavy atom. The van der Waals surface area contributed by atoms with Crippen molar-refractivity contribution in [2.24, 2.45) is 4.99 Å². The first-order valence-corrected chi connectivity index (χ1v) is 28.0. The van der Waals surface area contributed by atoms with E-state index in [0.717, 1.165) is 73.6 Å². The van der Waals surface area contributed by atoms with Crippen LogP contribution in [0.2, 0.25) is 0 Å². The molecule has 2 amide bonds. The number of nitrogens with one attached hydrogen (secondary N) is 2. The van der Waals surface area contributed by atoms with Crippen LogP contribution in [0, 0.1) is 54.5 Å². The van der Waals surface area contributed by atoms with Gasteiger partial charge < -0.3 is 39.8 Å². The summed E-state index contributed by atoms with van der Waals surface area (Å²) in [5, 5.41) is 27.3. The molecule has 4 aromatic carbocycles. The van der Waals surface area contributed by atoms with Crippen molar-refractivity contribution in [1.82, 2.24) is 10.6 Å². The molecule has 0 saturated carbocycles. The molecule has 4 aliphatic rings. The molecule has 18 heteroatoms. The molecule has 0 aliphatic carbocycles. The molecule has 8 rings (SSSR count). The van der Waals surface area contributed by atoms with Gasteiger partial charge in [-0.1, -0.05) is 41.4 Å². The molecule has 4 N–H and O–H groups in total. The normalized spacial score (nSPS) is 18.7. The van der Waals surface area contributed by atoms with Gasteiger partial charge in [-0.3, -0.25) is 14.6 Å². The van der Waals surface area contributed by atoms with Crippen LogP contribution in [0.4, 0.5) is 11.4 Å². The predicted octanol–water partition coefficient (Wildman–Crippen LogP) is 6.74. The molecule has 0 aromatic heterocycles. The minimum atomic E-state index is -3.11. The van der Waals surface area contributed by atoms with Gasteiger partial charge in [0.2, 0.25) is 5.69 Å². The zero-order valence-corrected chi connectivity index (χ0v) is 53.7. The van der Waals surface area contributed by atoms with Crippen molar-refractivity contribution < 1.29 is 107 Å². The van der Waals surface area contributed by atoms with E-state index in [4.69, 9.17) is 31.6 Å². The van der Waals surface area contributed by atoms with Crippen molar-refractivity contribution in [2.75, 3.05) is 51.4 Å². The van der Waals surface area contributed by atoms with Gasteiger partial charge in [-0.05, 0) is 146 Å². The summed E-state index contributed by atoms with van der Waals surface area (Å²) in [6.07, 6.45) is 2.55. The second kappa shape index (κ2) is 27.5. The number of nitrogens with zero attached hydrogens (tertiary/aromatic N) is 2. The van der Waals surface area contributed by atoms with Gasteiger partial charge in [0.05, 0.1) is 25.2 Å². The third-order valence-corrected chi connectivity index (χ3v) is 16.2. The smallest absolute Gasteiger partial charge is 0.507 e. The number of carbonyl (C=O) groups is 2. The number of rotatable bonds is 13. The number of aliphatic imine (C=N–C) groups is 1. The summed E-state index contributed by atoms with van der Waals surface area (Å²) in [6, 6.07) is 15.7. The summed E-state index contributed by atoms with van der Waals surface area (Å²) < 4.78 is 51.3. The van der Waals surface area contributed by atoms with Gasteiger partial charge in [-0.15, -0.1) is 24.3 Å². The molecule has 0 spiro atoms. The van der Waals surface area contributed by atoms with Crippen LogP contribution in [-0.2, 0) is 53.3 Å². The van der Waals surface area contributed by atoms with Crippen molar-refractivity contribution in [3.8, 4) is 23.0 Å². The van der Waals surface area contributed by atoms with E-state index in [-0.39, 0.29) is 74.0 Å². The maximum absolute atomic E-state index is 13.0. The van der Waals surface area contributed by atoms with E-state index in [1.54, 1.807) is 0 Å². The molecular formula is C59H79BrKN4O11S+. The van der Waals surface area contributed by atoms with Crippen LogP contribution < -0.4 is 71.5 Å². The molecule has 2 unspecified atom stereocenters. The first-order valence-electron chi connectivity index (χ1n) is 25.9. The van der Waals surface area contributed by atoms with Gasteiger partial charge in [0.1, 0.15) is 29.6 Å². The summed E-state index contributed by atoms with van der Waals surface area (Å²) in [5.41, 5.74) is 14.2. The van der Waals surface area contributed by atoms with Gasteiger partial charge in [-0.25, -0.2) is 0 Å². The Hall–Kier alpha value is -3.98. The first kappa shape index (κ1) is 65.5. The molecule has 4 aliphatic heterocycles. The Balaban J connectivity index is 0.000000266. The number of carbonyl (C=O) groups excluding carboxylic acids is 2. The van der Waals surface area contributed by atoms with E-state index in [2.05, 4.69) is 109 Å². The molecule has 4 heterocycles. The fraction of sp³-hybridized carbons (Fsp3) is 0.525. The zero-order chi connectivity index (χ0) is 56.7. The van der Waals surface area contributed by atoms with Crippen molar-refractivity contribution in [1.29, 1.82) is 0 Å². The Morgan fingerprint density at radius 3 is 1.65 bits per heavy atom. The number of fused-ring (bicyclic) bond motifs is 4. The van der Waals surface area contributed by atoms with Crippen LogP contribution in [0.25, 0.3) is 0 Å². The van der Waals surface area contributed by atoms with Gasteiger partial charge in [0, 0.05) is 66.7 Å².